The largest absolute Gasteiger partial charge is 0.490 e. The Bertz CT molecular complexity index is 1100. The van der Waals surface area contributed by atoms with Crippen LogP contribution in [-0.2, 0) is 10.0 Å². The lowest BCUT2D eigenvalue weighted by molar-refractivity contribution is -0.386. The molecule has 2 aromatic carbocycles. The van der Waals surface area contributed by atoms with Gasteiger partial charge in [-0.25, -0.2) is 8.42 Å². The van der Waals surface area contributed by atoms with Gasteiger partial charge in [0.1, 0.15) is 0 Å². The second-order valence-electron chi connectivity index (χ2n) is 6.39. The number of piperazine rings is 1. The number of hydrogen-bond donors (Lipinski definition) is 0. The number of nitrogens with zero attached hydrogens (tertiary/aromatic N) is 3. The predicted molar refractivity (Wildman–Crippen MR) is 111 cm³/mol. The van der Waals surface area contributed by atoms with E-state index in [0.29, 0.717) is 0 Å². The van der Waals surface area contributed by atoms with Crippen molar-refractivity contribution >= 4 is 44.8 Å². The van der Waals surface area contributed by atoms with E-state index in [0.717, 1.165) is 6.07 Å². The Balaban J connectivity index is 1.77. The summed E-state index contributed by atoms with van der Waals surface area (Å²) in [6.45, 7) is 0.344. The van der Waals surface area contributed by atoms with Crippen molar-refractivity contribution in [2.45, 2.75) is 4.90 Å². The molecular weight excluding hydrogens is 457 g/mol. The molecular formula is C18H17Cl2N3O6S. The number of halogens is 2. The van der Waals surface area contributed by atoms with Crippen LogP contribution in [-0.4, -0.2) is 61.7 Å². The molecule has 9 nitrogen and oxygen atoms in total. The fourth-order valence-corrected chi connectivity index (χ4v) is 4.92. The molecule has 0 bridgehead atoms. The SMILES string of the molecule is COc1ccc(S(=O)(=O)N2CCN(C(=O)c3cccc(Cl)c3Cl)CC2)cc1[N+](=O)[O-]. The van der Waals surface area contributed by atoms with Crippen LogP contribution in [0.2, 0.25) is 10.0 Å². The van der Waals surface area contributed by atoms with Crippen molar-refractivity contribution in [2.24, 2.45) is 0 Å². The molecule has 160 valence electrons. The first-order chi connectivity index (χ1) is 14.2. The topological polar surface area (TPSA) is 110 Å². The van der Waals surface area contributed by atoms with Crippen molar-refractivity contribution in [3.63, 3.8) is 0 Å². The lowest BCUT2D eigenvalue weighted by atomic mass is 10.2. The van der Waals surface area contributed by atoms with E-state index in [1.54, 1.807) is 18.2 Å². The molecule has 1 saturated heterocycles. The third kappa shape index (κ3) is 4.22. The minimum absolute atomic E-state index is 0.0338. The average molecular weight is 474 g/mol. The summed E-state index contributed by atoms with van der Waals surface area (Å²) >= 11 is 12.1. The highest BCUT2D eigenvalue weighted by atomic mass is 35.5. The van der Waals surface area contributed by atoms with Crippen LogP contribution in [0, 0.1) is 10.1 Å². The molecule has 1 aliphatic rings. The maximum atomic E-state index is 12.9. The molecule has 0 aromatic heterocycles. The molecule has 2 aromatic rings. The summed E-state index contributed by atoms with van der Waals surface area (Å²) in [7, 11) is -2.72. The molecule has 1 heterocycles. The molecule has 1 amide bonds. The van der Waals surface area contributed by atoms with E-state index in [1.165, 1.54) is 28.4 Å². The quantitative estimate of drug-likeness (QED) is 0.487. The van der Waals surface area contributed by atoms with Gasteiger partial charge in [0.2, 0.25) is 10.0 Å². The number of hydrogen-bond acceptors (Lipinski definition) is 6. The third-order valence-electron chi connectivity index (χ3n) is 4.69. The number of methoxy groups -OCH3 is 1. The highest BCUT2D eigenvalue weighted by Crippen LogP contribution is 2.31. The van der Waals surface area contributed by atoms with E-state index in [-0.39, 0.29) is 58.3 Å². The van der Waals surface area contributed by atoms with Gasteiger partial charge >= 0.3 is 5.69 Å². The third-order valence-corrected chi connectivity index (χ3v) is 7.41. The fraction of sp³-hybridized carbons (Fsp3) is 0.278. The summed E-state index contributed by atoms with van der Waals surface area (Å²) in [4.78, 5) is 24.5. The second-order valence-corrected chi connectivity index (χ2v) is 9.11. The van der Waals surface area contributed by atoms with E-state index in [9.17, 15) is 23.3 Å². The monoisotopic (exact) mass is 473 g/mol. The molecule has 0 atom stereocenters. The number of amides is 1. The summed E-state index contributed by atoms with van der Waals surface area (Å²) < 4.78 is 31.9. The molecule has 0 N–H and O–H groups in total. The summed E-state index contributed by atoms with van der Waals surface area (Å²) in [5.74, 6) is -0.382. The zero-order valence-electron chi connectivity index (χ0n) is 15.7. The van der Waals surface area contributed by atoms with Crippen molar-refractivity contribution in [1.29, 1.82) is 0 Å². The Kier molecular flexibility index (Phi) is 6.51. The van der Waals surface area contributed by atoms with Gasteiger partial charge in [0.05, 0.1) is 32.5 Å². The lowest BCUT2D eigenvalue weighted by Crippen LogP contribution is -2.50. The van der Waals surface area contributed by atoms with E-state index < -0.39 is 20.6 Å². The van der Waals surface area contributed by atoms with Gasteiger partial charge in [-0.3, -0.25) is 14.9 Å². The molecule has 1 fully saturated rings. The number of sulfonamides is 1. The molecule has 0 aliphatic carbocycles. The van der Waals surface area contributed by atoms with Gasteiger partial charge < -0.3 is 9.64 Å². The minimum atomic E-state index is -3.98. The van der Waals surface area contributed by atoms with Crippen LogP contribution in [0.1, 0.15) is 10.4 Å². The van der Waals surface area contributed by atoms with Crippen LogP contribution in [0.3, 0.4) is 0 Å². The molecule has 0 spiro atoms. The van der Waals surface area contributed by atoms with E-state index in [1.807, 2.05) is 0 Å². The second kappa shape index (κ2) is 8.76. The maximum Gasteiger partial charge on any atom is 0.312 e. The van der Waals surface area contributed by atoms with E-state index in [2.05, 4.69) is 0 Å². The van der Waals surface area contributed by atoms with Crippen LogP contribution in [0.4, 0.5) is 5.69 Å². The van der Waals surface area contributed by atoms with Gasteiger partial charge in [0.15, 0.2) is 5.75 Å². The van der Waals surface area contributed by atoms with Crippen LogP contribution in [0.15, 0.2) is 41.3 Å². The van der Waals surface area contributed by atoms with Crippen molar-refractivity contribution in [1.82, 2.24) is 9.21 Å². The number of benzene rings is 2. The normalized spacial score (nSPS) is 15.1. The number of rotatable bonds is 5. The standard InChI is InChI=1S/C18H17Cl2N3O6S/c1-29-16-6-5-12(11-15(16)23(25)26)30(27,28)22-9-7-21(8-10-22)18(24)13-3-2-4-14(19)17(13)20/h2-6,11H,7-10H2,1H3. The average Bonchev–Trinajstić information content (AvgIpc) is 2.74. The molecule has 1 aliphatic heterocycles. The Hall–Kier alpha value is -2.40. The van der Waals surface area contributed by atoms with Crippen LogP contribution in [0.5, 0.6) is 5.75 Å². The first-order valence-electron chi connectivity index (χ1n) is 8.72. The minimum Gasteiger partial charge on any atom is -0.490 e. The summed E-state index contributed by atoms with van der Waals surface area (Å²) in [5.41, 5.74) is -0.200. The molecule has 30 heavy (non-hydrogen) atoms. The van der Waals surface area contributed by atoms with Gasteiger partial charge in [0, 0.05) is 32.2 Å². The molecule has 0 radical (unpaired) electrons. The summed E-state index contributed by atoms with van der Waals surface area (Å²) in [6.07, 6.45) is 0. The van der Waals surface area contributed by atoms with Gasteiger partial charge in [0.25, 0.3) is 5.91 Å². The number of nitro groups is 1. The van der Waals surface area contributed by atoms with Crippen LogP contribution in [0.25, 0.3) is 0 Å². The first-order valence-corrected chi connectivity index (χ1v) is 10.9. The zero-order chi connectivity index (χ0) is 22.1. The number of nitro benzene ring substituents is 1. The number of carbonyl (C=O) groups excluding carboxylic acids is 1. The highest BCUT2D eigenvalue weighted by Gasteiger charge is 2.32. The highest BCUT2D eigenvalue weighted by molar-refractivity contribution is 7.89. The lowest BCUT2D eigenvalue weighted by Gasteiger charge is -2.34. The Morgan fingerprint density at radius 2 is 1.80 bits per heavy atom. The number of carbonyl (C=O) groups is 1. The Morgan fingerprint density at radius 3 is 2.40 bits per heavy atom. The molecule has 0 unspecified atom stereocenters. The van der Waals surface area contributed by atoms with Gasteiger partial charge in [-0.15, -0.1) is 0 Å². The Morgan fingerprint density at radius 1 is 1.13 bits per heavy atom. The van der Waals surface area contributed by atoms with Crippen molar-refractivity contribution in [2.75, 3.05) is 33.3 Å². The van der Waals surface area contributed by atoms with Gasteiger partial charge in [-0.05, 0) is 24.3 Å². The molecule has 0 saturated carbocycles. The maximum absolute atomic E-state index is 12.9. The zero-order valence-corrected chi connectivity index (χ0v) is 18.1. The van der Waals surface area contributed by atoms with Gasteiger partial charge in [-0.2, -0.15) is 4.31 Å². The Labute approximate surface area is 182 Å². The van der Waals surface area contributed by atoms with Crippen molar-refractivity contribution in [3.05, 3.63) is 62.1 Å². The fourth-order valence-electron chi connectivity index (χ4n) is 3.09. The van der Waals surface area contributed by atoms with Crippen molar-refractivity contribution < 1.29 is 22.9 Å². The molecule has 12 heteroatoms. The molecule has 3 rings (SSSR count). The predicted octanol–water partition coefficient (Wildman–Crippen LogP) is 3.06. The smallest absolute Gasteiger partial charge is 0.312 e. The van der Waals surface area contributed by atoms with Crippen LogP contribution < -0.4 is 4.74 Å². The first kappa shape index (κ1) is 22.3. The summed E-state index contributed by atoms with van der Waals surface area (Å²) in [5, 5.41) is 11.6. The van der Waals surface area contributed by atoms with Gasteiger partial charge in [-0.1, -0.05) is 29.3 Å². The van der Waals surface area contributed by atoms with E-state index >= 15 is 0 Å². The van der Waals surface area contributed by atoms with E-state index in [4.69, 9.17) is 27.9 Å². The summed E-state index contributed by atoms with van der Waals surface area (Å²) in [6, 6.07) is 8.20. The van der Waals surface area contributed by atoms with Crippen LogP contribution >= 0.6 is 23.2 Å². The van der Waals surface area contributed by atoms with Crippen molar-refractivity contribution in [3.8, 4) is 5.75 Å². The number of ether oxygens (including phenoxy) is 1.